The Morgan fingerprint density at radius 3 is 2.70 bits per heavy atom. The van der Waals surface area contributed by atoms with Crippen molar-refractivity contribution in [3.63, 3.8) is 0 Å². The summed E-state index contributed by atoms with van der Waals surface area (Å²) >= 11 is 1.65. The van der Waals surface area contributed by atoms with Crippen LogP contribution in [0.4, 0.5) is 4.79 Å². The number of hydrogen-bond donors (Lipinski definition) is 3. The fourth-order valence-electron chi connectivity index (χ4n) is 2.06. The van der Waals surface area contributed by atoms with Crippen molar-refractivity contribution >= 4 is 23.3 Å². The first kappa shape index (κ1) is 14.8. The molecule has 0 aromatic carbocycles. The molecule has 20 heavy (non-hydrogen) atoms. The number of carboxylic acid groups (broad SMARTS) is 1. The molecule has 0 spiro atoms. The number of nitrogens with one attached hydrogen (secondary N) is 2. The molecule has 1 heterocycles. The van der Waals surface area contributed by atoms with Crippen molar-refractivity contribution in [3.8, 4) is 0 Å². The molecule has 1 fully saturated rings. The maximum absolute atomic E-state index is 11.8. The van der Waals surface area contributed by atoms with E-state index in [1.54, 1.807) is 11.3 Å². The molecule has 0 radical (unpaired) electrons. The Morgan fingerprint density at radius 2 is 2.20 bits per heavy atom. The zero-order valence-electron chi connectivity index (χ0n) is 11.7. The average Bonchev–Trinajstić information content (AvgIpc) is 3.05. The highest BCUT2D eigenvalue weighted by Gasteiger charge is 2.37. The van der Waals surface area contributed by atoms with Crippen molar-refractivity contribution in [3.05, 3.63) is 22.4 Å². The summed E-state index contributed by atoms with van der Waals surface area (Å²) in [7, 11) is 0. The highest BCUT2D eigenvalue weighted by atomic mass is 32.1. The van der Waals surface area contributed by atoms with Gasteiger partial charge in [-0.25, -0.2) is 9.59 Å². The first-order valence-corrected chi connectivity index (χ1v) is 7.59. The molecule has 3 N–H and O–H groups in total. The predicted octanol–water partition coefficient (Wildman–Crippen LogP) is 2.19. The van der Waals surface area contributed by atoms with Crippen LogP contribution in [0.1, 0.15) is 31.6 Å². The molecule has 1 aliphatic rings. The van der Waals surface area contributed by atoms with Crippen LogP contribution < -0.4 is 10.6 Å². The Hall–Kier alpha value is -1.56. The largest absolute Gasteiger partial charge is 0.480 e. The van der Waals surface area contributed by atoms with E-state index >= 15 is 0 Å². The van der Waals surface area contributed by atoms with Gasteiger partial charge in [0, 0.05) is 16.8 Å². The summed E-state index contributed by atoms with van der Waals surface area (Å²) in [6.45, 7) is 4.57. The van der Waals surface area contributed by atoms with Crippen molar-refractivity contribution in [2.75, 3.05) is 6.54 Å². The highest BCUT2D eigenvalue weighted by molar-refractivity contribution is 7.10. The molecule has 1 saturated carbocycles. The van der Waals surface area contributed by atoms with Gasteiger partial charge in [-0.3, -0.25) is 0 Å². The second-order valence-corrected chi connectivity index (χ2v) is 6.79. The van der Waals surface area contributed by atoms with E-state index in [1.807, 2.05) is 17.5 Å². The second kappa shape index (κ2) is 5.83. The van der Waals surface area contributed by atoms with Crippen LogP contribution in [0.25, 0.3) is 0 Å². The summed E-state index contributed by atoms with van der Waals surface area (Å²) in [5.41, 5.74) is -0.163. The topological polar surface area (TPSA) is 78.4 Å². The highest BCUT2D eigenvalue weighted by Crippen LogP contribution is 2.32. The minimum atomic E-state index is -0.958. The van der Waals surface area contributed by atoms with E-state index in [9.17, 15) is 9.59 Å². The number of rotatable bonds is 6. The summed E-state index contributed by atoms with van der Waals surface area (Å²) in [4.78, 5) is 24.1. The van der Waals surface area contributed by atoms with Gasteiger partial charge in [0.25, 0.3) is 0 Å². The van der Waals surface area contributed by atoms with Gasteiger partial charge in [-0.1, -0.05) is 19.9 Å². The maximum Gasteiger partial charge on any atom is 0.326 e. The number of carbonyl (C=O) groups excluding carboxylic acids is 1. The van der Waals surface area contributed by atoms with E-state index in [2.05, 4.69) is 24.5 Å². The molecule has 2 amide bonds. The van der Waals surface area contributed by atoms with E-state index in [1.165, 1.54) is 4.88 Å². The van der Waals surface area contributed by atoms with Crippen molar-refractivity contribution in [1.82, 2.24) is 10.6 Å². The molecule has 0 saturated heterocycles. The third kappa shape index (κ3) is 3.72. The molecule has 6 heteroatoms. The molecule has 1 atom stereocenters. The summed E-state index contributed by atoms with van der Waals surface area (Å²) in [5.74, 6) is -0.872. The molecule has 2 rings (SSSR count). The van der Waals surface area contributed by atoms with Crippen LogP contribution in [0.5, 0.6) is 0 Å². The zero-order chi connectivity index (χ0) is 14.8. The summed E-state index contributed by atoms with van der Waals surface area (Å²) in [5, 5.41) is 16.4. The molecule has 1 aromatic heterocycles. The Balaban J connectivity index is 1.84. The van der Waals surface area contributed by atoms with Crippen molar-refractivity contribution in [2.45, 2.75) is 38.1 Å². The fraction of sp³-hybridized carbons (Fsp3) is 0.571. The first-order chi connectivity index (χ1) is 9.40. The summed E-state index contributed by atoms with van der Waals surface area (Å²) in [6.07, 6.45) is 1.75. The summed E-state index contributed by atoms with van der Waals surface area (Å²) in [6, 6.07) is 2.85. The fourth-order valence-corrected chi connectivity index (χ4v) is 2.91. The smallest absolute Gasteiger partial charge is 0.326 e. The molecule has 1 aliphatic carbocycles. The number of carboxylic acids is 1. The monoisotopic (exact) mass is 296 g/mol. The van der Waals surface area contributed by atoms with Crippen LogP contribution in [0.15, 0.2) is 17.5 Å². The molecular weight excluding hydrogens is 276 g/mol. The van der Waals surface area contributed by atoms with E-state index in [-0.39, 0.29) is 11.3 Å². The normalized spacial score (nSPS) is 16.5. The van der Waals surface area contributed by atoms with Crippen molar-refractivity contribution < 1.29 is 14.7 Å². The Morgan fingerprint density at radius 1 is 1.50 bits per heavy atom. The van der Waals surface area contributed by atoms with Crippen LogP contribution in [-0.2, 0) is 10.2 Å². The number of aliphatic carboxylic acids is 1. The van der Waals surface area contributed by atoms with Gasteiger partial charge in [0.05, 0.1) is 0 Å². The standard InChI is InChI=1S/C14H20N2O3S/c1-14(2,10-4-3-7-20-10)8-15-13(19)16-11(12(17)18)9-5-6-9/h3-4,7,9,11H,5-6,8H2,1-2H3,(H,17,18)(H2,15,16,19). The quantitative estimate of drug-likeness (QED) is 0.753. The maximum atomic E-state index is 11.8. The lowest BCUT2D eigenvalue weighted by Crippen LogP contribution is -2.49. The minimum Gasteiger partial charge on any atom is -0.480 e. The lowest BCUT2D eigenvalue weighted by molar-refractivity contribution is -0.139. The second-order valence-electron chi connectivity index (χ2n) is 5.84. The third-order valence-corrected chi connectivity index (χ3v) is 4.76. The third-order valence-electron chi connectivity index (χ3n) is 3.53. The van der Waals surface area contributed by atoms with Gasteiger partial charge < -0.3 is 15.7 Å². The lowest BCUT2D eigenvalue weighted by atomic mass is 9.91. The lowest BCUT2D eigenvalue weighted by Gasteiger charge is -2.24. The zero-order valence-corrected chi connectivity index (χ0v) is 12.5. The van der Waals surface area contributed by atoms with Crippen LogP contribution in [0.2, 0.25) is 0 Å². The van der Waals surface area contributed by atoms with Gasteiger partial charge in [0.15, 0.2) is 0 Å². The van der Waals surface area contributed by atoms with Gasteiger partial charge in [-0.2, -0.15) is 0 Å². The predicted molar refractivity (Wildman–Crippen MR) is 78.0 cm³/mol. The van der Waals surface area contributed by atoms with Crippen LogP contribution in [0.3, 0.4) is 0 Å². The van der Waals surface area contributed by atoms with Gasteiger partial charge >= 0.3 is 12.0 Å². The van der Waals surface area contributed by atoms with E-state index in [4.69, 9.17) is 5.11 Å². The van der Waals surface area contributed by atoms with E-state index in [0.29, 0.717) is 6.54 Å². The molecule has 0 aliphatic heterocycles. The Kier molecular flexibility index (Phi) is 4.32. The molecule has 0 bridgehead atoms. The van der Waals surface area contributed by atoms with Crippen molar-refractivity contribution in [1.29, 1.82) is 0 Å². The van der Waals surface area contributed by atoms with E-state index in [0.717, 1.165) is 12.8 Å². The minimum absolute atomic E-state index is 0.0866. The molecule has 110 valence electrons. The Bertz CT molecular complexity index is 481. The van der Waals surface area contributed by atoms with Crippen LogP contribution in [-0.4, -0.2) is 29.7 Å². The van der Waals surface area contributed by atoms with Crippen LogP contribution >= 0.6 is 11.3 Å². The van der Waals surface area contributed by atoms with E-state index < -0.39 is 18.0 Å². The SMILES string of the molecule is CC(C)(CNC(=O)NC(C(=O)O)C1CC1)c1cccs1. The van der Waals surface area contributed by atoms with Gasteiger partial charge in [-0.15, -0.1) is 11.3 Å². The van der Waals surface area contributed by atoms with Gasteiger partial charge in [0.1, 0.15) is 6.04 Å². The number of thiophene rings is 1. The Labute approximate surface area is 122 Å². The van der Waals surface area contributed by atoms with Crippen molar-refractivity contribution in [2.24, 2.45) is 5.92 Å². The molecule has 1 aromatic rings. The van der Waals surface area contributed by atoms with Crippen LogP contribution in [0, 0.1) is 5.92 Å². The molecule has 1 unspecified atom stereocenters. The number of hydrogen-bond acceptors (Lipinski definition) is 3. The van der Waals surface area contributed by atoms with Gasteiger partial charge in [0.2, 0.25) is 0 Å². The number of amides is 2. The number of carbonyl (C=O) groups is 2. The van der Waals surface area contributed by atoms with Gasteiger partial charge in [-0.05, 0) is 30.2 Å². The first-order valence-electron chi connectivity index (χ1n) is 6.71. The molecule has 5 nitrogen and oxygen atoms in total. The molecular formula is C14H20N2O3S. The number of urea groups is 1. The average molecular weight is 296 g/mol. The summed E-state index contributed by atoms with van der Waals surface area (Å²) < 4.78 is 0.